The van der Waals surface area contributed by atoms with Crippen LogP contribution in [0.2, 0.25) is 0 Å². The molecule has 0 amide bonds. The maximum absolute atomic E-state index is 5.32. The van der Waals surface area contributed by atoms with Crippen LogP contribution in [0.3, 0.4) is 0 Å². The average Bonchev–Trinajstić information content (AvgIpc) is 2.78. The second-order valence-electron chi connectivity index (χ2n) is 10.1. The van der Waals surface area contributed by atoms with E-state index in [1.54, 1.807) is 0 Å². The van der Waals surface area contributed by atoms with Crippen LogP contribution in [0.15, 0.2) is 54.7 Å². The van der Waals surface area contributed by atoms with E-state index in [0.717, 1.165) is 25.2 Å². The summed E-state index contributed by atoms with van der Waals surface area (Å²) in [6, 6.07) is 17.9. The highest BCUT2D eigenvalue weighted by molar-refractivity contribution is 5.52. The maximum atomic E-state index is 5.32. The minimum atomic E-state index is -0.0387. The maximum Gasteiger partial charge on any atom is 0.223 e. The van der Waals surface area contributed by atoms with E-state index in [9.17, 15) is 0 Å². The van der Waals surface area contributed by atoms with E-state index in [1.165, 1.54) is 27.9 Å². The zero-order valence-corrected chi connectivity index (χ0v) is 19.5. The highest BCUT2D eigenvalue weighted by atomic mass is 16.5. The van der Waals surface area contributed by atoms with E-state index < -0.39 is 0 Å². The summed E-state index contributed by atoms with van der Waals surface area (Å²) in [5, 5.41) is 3.42. The molecule has 1 aromatic heterocycles. The van der Waals surface area contributed by atoms with Gasteiger partial charge < -0.3 is 15.0 Å². The van der Waals surface area contributed by atoms with Crippen molar-refractivity contribution in [2.75, 3.05) is 30.0 Å². The summed E-state index contributed by atoms with van der Waals surface area (Å²) in [5.41, 5.74) is 7.51. The Morgan fingerprint density at radius 1 is 1.00 bits per heavy atom. The molecule has 5 nitrogen and oxygen atoms in total. The molecular weight excluding hydrogens is 396 g/mol. The van der Waals surface area contributed by atoms with Gasteiger partial charge in [-0.1, -0.05) is 55.8 Å². The topological polar surface area (TPSA) is 50.3 Å². The van der Waals surface area contributed by atoms with Gasteiger partial charge in [-0.25, -0.2) is 9.97 Å². The number of rotatable bonds is 5. The van der Waals surface area contributed by atoms with Crippen molar-refractivity contribution >= 4 is 11.6 Å². The van der Waals surface area contributed by atoms with Crippen molar-refractivity contribution in [3.63, 3.8) is 0 Å². The van der Waals surface area contributed by atoms with Crippen molar-refractivity contribution in [2.45, 2.75) is 51.6 Å². The molecule has 1 N–H and O–H groups in total. The van der Waals surface area contributed by atoms with Crippen molar-refractivity contribution in [3.05, 3.63) is 82.7 Å². The molecule has 0 saturated carbocycles. The van der Waals surface area contributed by atoms with Crippen molar-refractivity contribution in [1.29, 1.82) is 0 Å². The van der Waals surface area contributed by atoms with Crippen molar-refractivity contribution in [2.24, 2.45) is 0 Å². The molecule has 0 unspecified atom stereocenters. The number of hydrogen-bond donors (Lipinski definition) is 1. The molecule has 3 heterocycles. The predicted molar refractivity (Wildman–Crippen MR) is 129 cm³/mol. The Morgan fingerprint density at radius 3 is 2.28 bits per heavy atom. The van der Waals surface area contributed by atoms with E-state index in [-0.39, 0.29) is 11.0 Å². The largest absolute Gasteiger partial charge is 0.376 e. The number of aromatic nitrogens is 2. The number of aryl methyl sites for hydroxylation is 1. The fourth-order valence-electron chi connectivity index (χ4n) is 4.57. The monoisotopic (exact) mass is 428 g/mol. The highest BCUT2D eigenvalue weighted by Gasteiger charge is 2.34. The zero-order valence-electron chi connectivity index (χ0n) is 19.5. The van der Waals surface area contributed by atoms with Crippen molar-refractivity contribution in [1.82, 2.24) is 9.97 Å². The second-order valence-corrected chi connectivity index (χ2v) is 10.1. The molecule has 32 heavy (non-hydrogen) atoms. The fraction of sp³-hybridized carbons (Fsp3) is 0.407. The first-order chi connectivity index (χ1) is 15.3. The summed E-state index contributed by atoms with van der Waals surface area (Å²) in [7, 11) is 0. The Bertz CT molecular complexity index is 1100. The summed E-state index contributed by atoms with van der Waals surface area (Å²) in [4.78, 5) is 11.8. The lowest BCUT2D eigenvalue weighted by Gasteiger charge is -2.39. The summed E-state index contributed by atoms with van der Waals surface area (Å²) >= 11 is 0. The lowest BCUT2D eigenvalue weighted by molar-refractivity contribution is -0.0322. The average molecular weight is 429 g/mol. The van der Waals surface area contributed by atoms with Gasteiger partial charge in [-0.05, 0) is 37.1 Å². The van der Waals surface area contributed by atoms with Crippen LogP contribution < -0.4 is 10.2 Å². The van der Waals surface area contributed by atoms with Gasteiger partial charge in [-0.2, -0.15) is 0 Å². The lowest BCUT2D eigenvalue weighted by Crippen LogP contribution is -2.53. The quantitative estimate of drug-likeness (QED) is 0.628. The summed E-state index contributed by atoms with van der Waals surface area (Å²) in [6.07, 6.45) is 2.91. The third-order valence-electron chi connectivity index (χ3n) is 6.92. The molecule has 2 aliphatic rings. The minimum Gasteiger partial charge on any atom is -0.376 e. The number of benzene rings is 2. The Balaban J connectivity index is 1.30. The van der Waals surface area contributed by atoms with Gasteiger partial charge in [0.15, 0.2) is 0 Å². The summed E-state index contributed by atoms with van der Waals surface area (Å²) in [6.45, 7) is 12.1. The number of anilines is 2. The molecule has 1 saturated heterocycles. The predicted octanol–water partition coefficient (Wildman–Crippen LogP) is 4.87. The highest BCUT2D eigenvalue weighted by Crippen LogP contribution is 2.33. The first kappa shape index (κ1) is 21.0. The third kappa shape index (κ3) is 3.97. The van der Waals surface area contributed by atoms with Gasteiger partial charge in [-0.15, -0.1) is 0 Å². The lowest BCUT2D eigenvalue weighted by atomic mass is 9.78. The zero-order chi connectivity index (χ0) is 22.3. The number of nitrogens with zero attached hydrogens (tertiary/aromatic N) is 3. The molecule has 5 heteroatoms. The molecule has 5 rings (SSSR count). The number of ether oxygens (including phenoxy) is 1. The van der Waals surface area contributed by atoms with Crippen LogP contribution in [0.5, 0.6) is 0 Å². The van der Waals surface area contributed by atoms with Gasteiger partial charge in [0.25, 0.3) is 0 Å². The van der Waals surface area contributed by atoms with Crippen LogP contribution in [-0.2, 0) is 23.1 Å². The molecule has 0 spiro atoms. The van der Waals surface area contributed by atoms with Crippen LogP contribution >= 0.6 is 0 Å². The van der Waals surface area contributed by atoms with Gasteiger partial charge in [0.1, 0.15) is 0 Å². The SMILES string of the molecule is Cc1ccc(C(C)(C)c2ccc(N3CCc4nc(NC5(C)COC5)ncc4C3)cc2)cc1. The smallest absolute Gasteiger partial charge is 0.223 e. The van der Waals surface area contributed by atoms with E-state index >= 15 is 0 Å². The van der Waals surface area contributed by atoms with Gasteiger partial charge in [0, 0.05) is 42.4 Å². The van der Waals surface area contributed by atoms with Crippen LogP contribution in [0.1, 0.15) is 48.7 Å². The number of fused-ring (bicyclic) bond motifs is 1. The van der Waals surface area contributed by atoms with Gasteiger partial charge in [0.2, 0.25) is 5.95 Å². The molecule has 0 aliphatic carbocycles. The molecule has 3 aromatic rings. The molecular formula is C27H32N4O. The van der Waals surface area contributed by atoms with Gasteiger partial charge in [0.05, 0.1) is 24.4 Å². The summed E-state index contributed by atoms with van der Waals surface area (Å²) in [5.74, 6) is 0.714. The van der Waals surface area contributed by atoms with Crippen LogP contribution in [0.25, 0.3) is 0 Å². The fourth-order valence-corrected chi connectivity index (χ4v) is 4.57. The van der Waals surface area contributed by atoms with E-state index in [4.69, 9.17) is 9.72 Å². The van der Waals surface area contributed by atoms with Gasteiger partial charge in [-0.3, -0.25) is 0 Å². The Labute approximate surface area is 190 Å². The van der Waals surface area contributed by atoms with E-state index in [0.29, 0.717) is 19.2 Å². The molecule has 1 fully saturated rings. The Morgan fingerprint density at radius 2 is 1.66 bits per heavy atom. The second kappa shape index (κ2) is 7.89. The summed E-state index contributed by atoms with van der Waals surface area (Å²) < 4.78 is 5.32. The Hall–Kier alpha value is -2.92. The first-order valence-electron chi connectivity index (χ1n) is 11.5. The van der Waals surface area contributed by atoms with Crippen LogP contribution in [-0.4, -0.2) is 35.3 Å². The molecule has 166 valence electrons. The van der Waals surface area contributed by atoms with E-state index in [2.05, 4.69) is 91.4 Å². The third-order valence-corrected chi connectivity index (χ3v) is 6.92. The first-order valence-corrected chi connectivity index (χ1v) is 11.5. The van der Waals surface area contributed by atoms with Crippen molar-refractivity contribution < 1.29 is 4.74 Å². The molecule has 2 aromatic carbocycles. The van der Waals surface area contributed by atoms with E-state index in [1.807, 2.05) is 6.20 Å². The molecule has 2 aliphatic heterocycles. The normalized spacial score (nSPS) is 17.4. The minimum absolute atomic E-state index is 0.0277. The molecule has 0 radical (unpaired) electrons. The van der Waals surface area contributed by atoms with Crippen LogP contribution in [0, 0.1) is 6.92 Å². The molecule has 0 atom stereocenters. The van der Waals surface area contributed by atoms with Crippen molar-refractivity contribution in [3.8, 4) is 0 Å². The Kier molecular flexibility index (Phi) is 5.17. The molecule has 0 bridgehead atoms. The number of hydrogen-bond acceptors (Lipinski definition) is 5. The standard InChI is InChI=1S/C27H32N4O/c1-19-5-7-21(8-6-19)26(2,3)22-9-11-23(12-10-22)31-14-13-24-20(16-31)15-28-25(29-24)30-27(4)17-32-18-27/h5-12,15H,13-14,16-18H2,1-4H3,(H,28,29,30). The number of nitrogens with one attached hydrogen (secondary N) is 1. The van der Waals surface area contributed by atoms with Crippen LogP contribution in [0.4, 0.5) is 11.6 Å². The van der Waals surface area contributed by atoms with Gasteiger partial charge >= 0.3 is 0 Å².